The second-order valence-corrected chi connectivity index (χ2v) is 7.54. The van der Waals surface area contributed by atoms with Gasteiger partial charge in [0, 0.05) is 4.88 Å². The number of halogens is 2. The summed E-state index contributed by atoms with van der Waals surface area (Å²) < 4.78 is 52.6. The summed E-state index contributed by atoms with van der Waals surface area (Å²) in [6, 6.07) is 2.47. The van der Waals surface area contributed by atoms with Crippen molar-refractivity contribution in [2.24, 2.45) is 0 Å². The Morgan fingerprint density at radius 3 is 2.62 bits per heavy atom. The van der Waals surface area contributed by atoms with Crippen molar-refractivity contribution in [2.75, 3.05) is 4.72 Å². The van der Waals surface area contributed by atoms with E-state index in [0.717, 1.165) is 48.4 Å². The van der Waals surface area contributed by atoms with Crippen molar-refractivity contribution in [3.05, 3.63) is 40.4 Å². The number of fused-ring (bicyclic) bond motifs is 1. The minimum atomic E-state index is -3.96. The van der Waals surface area contributed by atoms with Gasteiger partial charge < -0.3 is 0 Å². The molecule has 1 aliphatic carbocycles. The van der Waals surface area contributed by atoms with E-state index in [4.69, 9.17) is 0 Å². The summed E-state index contributed by atoms with van der Waals surface area (Å²) in [5, 5.41) is 0.270. The van der Waals surface area contributed by atoms with E-state index in [0.29, 0.717) is 6.07 Å². The van der Waals surface area contributed by atoms with Gasteiger partial charge in [-0.25, -0.2) is 22.2 Å². The number of hydrogen-bond donors (Lipinski definition) is 1. The molecule has 3 rings (SSSR count). The Balaban J connectivity index is 1.88. The third-order valence-electron chi connectivity index (χ3n) is 3.27. The molecular weight excluding hydrogens is 318 g/mol. The molecular formula is C13H12F2N2O2S2. The van der Waals surface area contributed by atoms with Gasteiger partial charge in [0.1, 0.15) is 0 Å². The zero-order chi connectivity index (χ0) is 15.0. The maximum Gasteiger partial charge on any atom is 0.263 e. The maximum atomic E-state index is 13.2. The smallest absolute Gasteiger partial charge is 0.255 e. The molecule has 8 heteroatoms. The molecule has 0 aliphatic heterocycles. The average molecular weight is 330 g/mol. The van der Waals surface area contributed by atoms with Gasteiger partial charge >= 0.3 is 0 Å². The predicted octanol–water partition coefficient (Wildman–Crippen LogP) is 3.10. The first-order valence-corrected chi connectivity index (χ1v) is 8.72. The molecule has 0 spiro atoms. The molecule has 0 fully saturated rings. The lowest BCUT2D eigenvalue weighted by atomic mass is 10.0. The molecule has 4 nitrogen and oxygen atoms in total. The third-order valence-corrected chi connectivity index (χ3v) is 5.81. The van der Waals surface area contributed by atoms with Crippen LogP contribution in [0.3, 0.4) is 0 Å². The zero-order valence-electron chi connectivity index (χ0n) is 10.9. The first-order valence-electron chi connectivity index (χ1n) is 6.42. The van der Waals surface area contributed by atoms with E-state index >= 15 is 0 Å². The fourth-order valence-corrected chi connectivity index (χ4v) is 4.51. The summed E-state index contributed by atoms with van der Waals surface area (Å²) in [5.41, 5.74) is 0.925. The van der Waals surface area contributed by atoms with Crippen LogP contribution in [0.4, 0.5) is 13.9 Å². The lowest BCUT2D eigenvalue weighted by molar-refractivity contribution is 0.504. The number of aryl methyl sites for hydroxylation is 2. The number of benzene rings is 1. The number of rotatable bonds is 3. The predicted molar refractivity (Wildman–Crippen MR) is 75.9 cm³/mol. The van der Waals surface area contributed by atoms with Gasteiger partial charge in [-0.15, -0.1) is 11.3 Å². The highest BCUT2D eigenvalue weighted by Gasteiger charge is 2.21. The summed E-state index contributed by atoms with van der Waals surface area (Å²) in [4.78, 5) is 5.02. The Bertz CT molecular complexity index is 764. The molecule has 0 unspecified atom stereocenters. The largest absolute Gasteiger partial charge is 0.263 e. The highest BCUT2D eigenvalue weighted by atomic mass is 32.2. The SMILES string of the molecule is O=S(=O)(Nc1nc2c(s1)CCCC2)c1ccc(F)c(F)c1. The van der Waals surface area contributed by atoms with Crippen molar-refractivity contribution in [1.29, 1.82) is 0 Å². The number of nitrogens with one attached hydrogen (secondary N) is 1. The number of sulfonamides is 1. The van der Waals surface area contributed by atoms with Crippen LogP contribution in [0.1, 0.15) is 23.4 Å². The molecule has 2 aromatic rings. The van der Waals surface area contributed by atoms with Crippen molar-refractivity contribution in [2.45, 2.75) is 30.6 Å². The Hall–Kier alpha value is -1.54. The summed E-state index contributed by atoms with van der Waals surface area (Å²) in [6.45, 7) is 0. The van der Waals surface area contributed by atoms with Crippen molar-refractivity contribution in [1.82, 2.24) is 4.98 Å². The van der Waals surface area contributed by atoms with E-state index in [1.165, 1.54) is 11.3 Å². The van der Waals surface area contributed by atoms with E-state index in [-0.39, 0.29) is 10.0 Å². The maximum absolute atomic E-state index is 13.2. The molecule has 1 heterocycles. The quantitative estimate of drug-likeness (QED) is 0.941. The van der Waals surface area contributed by atoms with Gasteiger partial charge in [0.15, 0.2) is 16.8 Å². The van der Waals surface area contributed by atoms with Crippen molar-refractivity contribution >= 4 is 26.5 Å². The second-order valence-electron chi connectivity index (χ2n) is 4.78. The Morgan fingerprint density at radius 1 is 1.14 bits per heavy atom. The first kappa shape index (κ1) is 14.4. The molecule has 0 bridgehead atoms. The highest BCUT2D eigenvalue weighted by Crippen LogP contribution is 2.30. The van der Waals surface area contributed by atoms with E-state index in [1.54, 1.807) is 0 Å². The standard InChI is InChI=1S/C13H12F2N2O2S2/c14-9-6-5-8(7-10(9)15)21(18,19)17-13-16-11-3-1-2-4-12(11)20-13/h5-7H,1-4H2,(H,16,17). The molecule has 1 N–H and O–H groups in total. The molecule has 21 heavy (non-hydrogen) atoms. The monoisotopic (exact) mass is 330 g/mol. The minimum absolute atomic E-state index is 0.270. The molecule has 1 aromatic carbocycles. The van der Waals surface area contributed by atoms with Crippen LogP contribution in [0.15, 0.2) is 23.1 Å². The van der Waals surface area contributed by atoms with E-state index in [2.05, 4.69) is 9.71 Å². The lowest BCUT2D eigenvalue weighted by Gasteiger charge is -2.06. The Morgan fingerprint density at radius 2 is 1.90 bits per heavy atom. The van der Waals surface area contributed by atoms with Crippen LogP contribution >= 0.6 is 11.3 Å². The zero-order valence-corrected chi connectivity index (χ0v) is 12.5. The molecule has 1 aliphatic rings. The van der Waals surface area contributed by atoms with Gasteiger partial charge in [-0.05, 0) is 43.9 Å². The van der Waals surface area contributed by atoms with E-state index < -0.39 is 21.7 Å². The molecule has 0 amide bonds. The number of anilines is 1. The van der Waals surface area contributed by atoms with Crippen LogP contribution in [0, 0.1) is 11.6 Å². The fourth-order valence-electron chi connectivity index (χ4n) is 2.21. The molecule has 112 valence electrons. The van der Waals surface area contributed by atoms with Gasteiger partial charge in [-0.2, -0.15) is 0 Å². The molecule has 0 radical (unpaired) electrons. The average Bonchev–Trinajstić information content (AvgIpc) is 2.82. The van der Waals surface area contributed by atoms with Crippen LogP contribution in [-0.4, -0.2) is 13.4 Å². The minimum Gasteiger partial charge on any atom is -0.255 e. The highest BCUT2D eigenvalue weighted by molar-refractivity contribution is 7.93. The summed E-state index contributed by atoms with van der Waals surface area (Å²) >= 11 is 1.30. The van der Waals surface area contributed by atoms with Gasteiger partial charge in [0.05, 0.1) is 10.6 Å². The number of thiazole rings is 1. The molecule has 0 saturated heterocycles. The van der Waals surface area contributed by atoms with Crippen LogP contribution in [0.2, 0.25) is 0 Å². The second kappa shape index (κ2) is 5.34. The summed E-state index contributed by atoms with van der Waals surface area (Å²) in [5.74, 6) is -2.28. The topological polar surface area (TPSA) is 59.1 Å². The van der Waals surface area contributed by atoms with Crippen LogP contribution in [-0.2, 0) is 22.9 Å². The Labute approximate surface area is 124 Å². The van der Waals surface area contributed by atoms with Crippen molar-refractivity contribution < 1.29 is 17.2 Å². The Kier molecular flexibility index (Phi) is 3.66. The molecule has 0 atom stereocenters. The lowest BCUT2D eigenvalue weighted by Crippen LogP contribution is -2.13. The first-order chi connectivity index (χ1) is 9.95. The number of hydrogen-bond acceptors (Lipinski definition) is 4. The van der Waals surface area contributed by atoms with Crippen LogP contribution < -0.4 is 4.72 Å². The molecule has 1 aromatic heterocycles. The van der Waals surface area contributed by atoms with Gasteiger partial charge in [0.25, 0.3) is 10.0 Å². The van der Waals surface area contributed by atoms with Crippen molar-refractivity contribution in [3.8, 4) is 0 Å². The van der Waals surface area contributed by atoms with Crippen LogP contribution in [0.25, 0.3) is 0 Å². The van der Waals surface area contributed by atoms with Crippen LogP contribution in [0.5, 0.6) is 0 Å². The van der Waals surface area contributed by atoms with E-state index in [1.807, 2.05) is 0 Å². The number of nitrogens with zero attached hydrogens (tertiary/aromatic N) is 1. The molecule has 0 saturated carbocycles. The fraction of sp³-hybridized carbons (Fsp3) is 0.308. The summed E-state index contributed by atoms with van der Waals surface area (Å²) in [7, 11) is -3.96. The van der Waals surface area contributed by atoms with E-state index in [9.17, 15) is 17.2 Å². The summed E-state index contributed by atoms with van der Waals surface area (Å²) in [6.07, 6.45) is 3.87. The number of aromatic nitrogens is 1. The van der Waals surface area contributed by atoms with Gasteiger partial charge in [0.2, 0.25) is 0 Å². The normalized spacial score (nSPS) is 14.8. The van der Waals surface area contributed by atoms with Gasteiger partial charge in [-0.3, -0.25) is 4.72 Å². The van der Waals surface area contributed by atoms with Gasteiger partial charge in [-0.1, -0.05) is 0 Å². The van der Waals surface area contributed by atoms with Crippen molar-refractivity contribution in [3.63, 3.8) is 0 Å². The third kappa shape index (κ3) is 2.91.